The number of ether oxygens (including phenoxy) is 1. The number of aryl methyl sites for hydroxylation is 2. The predicted octanol–water partition coefficient (Wildman–Crippen LogP) is 1.74. The first-order valence-corrected chi connectivity index (χ1v) is 5.30. The van der Waals surface area contributed by atoms with Gasteiger partial charge in [-0.05, 0) is 19.8 Å². The summed E-state index contributed by atoms with van der Waals surface area (Å²) in [5.74, 6) is 0. The number of hydrogen-bond acceptors (Lipinski definition) is 4. The minimum Gasteiger partial charge on any atom is -0.450 e. The molecule has 14 heavy (non-hydrogen) atoms. The molecule has 0 saturated carbocycles. The Labute approximate surface area is 87.3 Å². The third-order valence-electron chi connectivity index (χ3n) is 1.67. The summed E-state index contributed by atoms with van der Waals surface area (Å²) in [6.45, 7) is 2.44. The van der Waals surface area contributed by atoms with Gasteiger partial charge < -0.3 is 10.1 Å². The van der Waals surface area contributed by atoms with Gasteiger partial charge in [0.1, 0.15) is 0 Å². The summed E-state index contributed by atoms with van der Waals surface area (Å²) >= 11 is 1.69. The van der Waals surface area contributed by atoms with Crippen molar-refractivity contribution in [3.63, 3.8) is 0 Å². The predicted molar refractivity (Wildman–Crippen MR) is 55.6 cm³/mol. The second-order valence-corrected chi connectivity index (χ2v) is 4.15. The van der Waals surface area contributed by atoms with Crippen LogP contribution in [-0.2, 0) is 11.2 Å². The van der Waals surface area contributed by atoms with Crippen molar-refractivity contribution in [1.82, 2.24) is 10.3 Å². The summed E-state index contributed by atoms with van der Waals surface area (Å²) < 4.78 is 4.85. The van der Waals surface area contributed by atoms with E-state index in [4.69, 9.17) is 4.74 Å². The van der Waals surface area contributed by atoms with Crippen molar-refractivity contribution in [3.8, 4) is 0 Å². The number of carbonyl (C=O) groups is 1. The largest absolute Gasteiger partial charge is 0.450 e. The number of alkyl carbamates (subject to hydrolysis) is 1. The third-order valence-corrected chi connectivity index (χ3v) is 2.65. The van der Waals surface area contributed by atoms with Crippen LogP contribution in [0.4, 0.5) is 4.79 Å². The summed E-state index contributed by atoms with van der Waals surface area (Å²) in [4.78, 5) is 16.1. The molecular weight excluding hydrogens is 200 g/mol. The topological polar surface area (TPSA) is 51.2 Å². The normalized spacial score (nSPS) is 9.86. The molecule has 0 unspecified atom stereocenters. The van der Waals surface area contributed by atoms with Gasteiger partial charge in [-0.15, -0.1) is 11.3 Å². The van der Waals surface area contributed by atoms with Crippen LogP contribution in [-0.4, -0.2) is 24.7 Å². The number of rotatable bonds is 4. The summed E-state index contributed by atoms with van der Waals surface area (Å²) in [5, 5.41) is 3.47. The smallest absolute Gasteiger partial charge is 0.406 e. The number of carbonyl (C=O) groups excluding carboxylic acids is 1. The fourth-order valence-corrected chi connectivity index (χ4v) is 1.84. The van der Waals surface area contributed by atoms with Crippen molar-refractivity contribution >= 4 is 17.4 Å². The standard InChI is InChI=1S/C9H14N2O2S/c1-7-11-6-8(14-7)4-3-5-13-9(12)10-2/h6H,3-5H2,1-2H3,(H,10,12). The number of aromatic nitrogens is 1. The Morgan fingerprint density at radius 3 is 3.07 bits per heavy atom. The first-order valence-electron chi connectivity index (χ1n) is 4.48. The molecule has 1 aromatic rings. The van der Waals surface area contributed by atoms with Crippen LogP contribution < -0.4 is 5.32 Å². The second-order valence-electron chi connectivity index (χ2n) is 2.84. The minimum absolute atomic E-state index is 0.370. The maximum absolute atomic E-state index is 10.7. The van der Waals surface area contributed by atoms with E-state index in [0.717, 1.165) is 17.8 Å². The number of hydrogen-bond donors (Lipinski definition) is 1. The van der Waals surface area contributed by atoms with Crippen molar-refractivity contribution in [2.75, 3.05) is 13.7 Å². The van der Waals surface area contributed by atoms with E-state index in [9.17, 15) is 4.79 Å². The molecular formula is C9H14N2O2S. The van der Waals surface area contributed by atoms with E-state index in [0.29, 0.717) is 6.61 Å². The number of amides is 1. The first-order chi connectivity index (χ1) is 6.72. The average molecular weight is 214 g/mol. The second kappa shape index (κ2) is 5.59. The lowest BCUT2D eigenvalue weighted by atomic mass is 10.3. The highest BCUT2D eigenvalue weighted by Gasteiger charge is 2.00. The highest BCUT2D eigenvalue weighted by Crippen LogP contribution is 2.13. The van der Waals surface area contributed by atoms with Crippen LogP contribution in [0.15, 0.2) is 6.20 Å². The van der Waals surface area contributed by atoms with Crippen molar-refractivity contribution < 1.29 is 9.53 Å². The van der Waals surface area contributed by atoms with E-state index in [1.165, 1.54) is 4.88 Å². The molecule has 1 amide bonds. The summed E-state index contributed by atoms with van der Waals surface area (Å²) in [6.07, 6.45) is 3.27. The molecule has 0 aliphatic heterocycles. The number of thiazole rings is 1. The molecule has 0 radical (unpaired) electrons. The van der Waals surface area contributed by atoms with Crippen LogP contribution in [0.1, 0.15) is 16.3 Å². The van der Waals surface area contributed by atoms with Gasteiger partial charge in [-0.25, -0.2) is 9.78 Å². The van der Waals surface area contributed by atoms with E-state index < -0.39 is 0 Å². The molecule has 0 spiro atoms. The summed E-state index contributed by atoms with van der Waals surface area (Å²) in [6, 6.07) is 0. The van der Waals surface area contributed by atoms with Crippen LogP contribution in [0.5, 0.6) is 0 Å². The highest BCUT2D eigenvalue weighted by molar-refractivity contribution is 7.11. The molecule has 0 saturated heterocycles. The molecule has 0 aliphatic rings. The Morgan fingerprint density at radius 2 is 2.50 bits per heavy atom. The molecule has 1 heterocycles. The zero-order valence-electron chi connectivity index (χ0n) is 8.37. The van der Waals surface area contributed by atoms with E-state index >= 15 is 0 Å². The van der Waals surface area contributed by atoms with E-state index in [2.05, 4.69) is 10.3 Å². The van der Waals surface area contributed by atoms with E-state index in [1.807, 2.05) is 13.1 Å². The van der Waals surface area contributed by atoms with Gasteiger partial charge >= 0.3 is 6.09 Å². The van der Waals surface area contributed by atoms with Gasteiger partial charge in [-0.2, -0.15) is 0 Å². The summed E-state index contributed by atoms with van der Waals surface area (Å²) in [5.41, 5.74) is 0. The molecule has 1 N–H and O–H groups in total. The van der Waals surface area contributed by atoms with Crippen molar-refractivity contribution in [2.45, 2.75) is 19.8 Å². The van der Waals surface area contributed by atoms with Crippen molar-refractivity contribution in [3.05, 3.63) is 16.1 Å². The monoisotopic (exact) mass is 214 g/mol. The maximum Gasteiger partial charge on any atom is 0.406 e. The molecule has 5 heteroatoms. The maximum atomic E-state index is 10.7. The molecule has 0 aromatic carbocycles. The van der Waals surface area contributed by atoms with Crippen LogP contribution >= 0.6 is 11.3 Å². The highest BCUT2D eigenvalue weighted by atomic mass is 32.1. The molecule has 0 atom stereocenters. The Morgan fingerprint density at radius 1 is 1.71 bits per heavy atom. The van der Waals surface area contributed by atoms with Crippen molar-refractivity contribution in [1.29, 1.82) is 0 Å². The average Bonchev–Trinajstić information content (AvgIpc) is 2.58. The van der Waals surface area contributed by atoms with Crippen LogP contribution in [0, 0.1) is 6.92 Å². The van der Waals surface area contributed by atoms with Gasteiger partial charge in [0.2, 0.25) is 0 Å². The van der Waals surface area contributed by atoms with Gasteiger partial charge in [-0.3, -0.25) is 0 Å². The SMILES string of the molecule is CNC(=O)OCCCc1cnc(C)s1. The molecule has 1 aromatic heterocycles. The molecule has 0 aliphatic carbocycles. The molecule has 4 nitrogen and oxygen atoms in total. The Bertz CT molecular complexity index is 299. The van der Waals surface area contributed by atoms with Gasteiger partial charge in [0.05, 0.1) is 11.6 Å². The Kier molecular flexibility index (Phi) is 4.39. The molecule has 0 fully saturated rings. The number of nitrogens with zero attached hydrogens (tertiary/aromatic N) is 1. The van der Waals surface area contributed by atoms with E-state index in [-0.39, 0.29) is 6.09 Å². The quantitative estimate of drug-likeness (QED) is 0.777. The lowest BCUT2D eigenvalue weighted by Crippen LogP contribution is -2.19. The van der Waals surface area contributed by atoms with Crippen LogP contribution in [0.2, 0.25) is 0 Å². The van der Waals surface area contributed by atoms with Crippen LogP contribution in [0.25, 0.3) is 0 Å². The number of nitrogens with one attached hydrogen (secondary N) is 1. The lowest BCUT2D eigenvalue weighted by molar-refractivity contribution is 0.147. The molecule has 78 valence electrons. The fraction of sp³-hybridized carbons (Fsp3) is 0.556. The van der Waals surface area contributed by atoms with Gasteiger partial charge in [0, 0.05) is 18.1 Å². The third kappa shape index (κ3) is 3.74. The molecule has 0 bridgehead atoms. The van der Waals surface area contributed by atoms with Gasteiger partial charge in [0.25, 0.3) is 0 Å². The minimum atomic E-state index is -0.370. The molecule has 1 rings (SSSR count). The van der Waals surface area contributed by atoms with Crippen LogP contribution in [0.3, 0.4) is 0 Å². The van der Waals surface area contributed by atoms with Crippen molar-refractivity contribution in [2.24, 2.45) is 0 Å². The summed E-state index contributed by atoms with van der Waals surface area (Å²) in [7, 11) is 1.55. The lowest BCUT2D eigenvalue weighted by Gasteiger charge is -2.01. The zero-order valence-corrected chi connectivity index (χ0v) is 9.19. The first kappa shape index (κ1) is 11.0. The Hall–Kier alpha value is -1.10. The van der Waals surface area contributed by atoms with E-state index in [1.54, 1.807) is 18.4 Å². The Balaban J connectivity index is 2.13. The fourth-order valence-electron chi connectivity index (χ4n) is 1.00. The zero-order chi connectivity index (χ0) is 10.4. The van der Waals surface area contributed by atoms with Gasteiger partial charge in [0.15, 0.2) is 0 Å². The van der Waals surface area contributed by atoms with Gasteiger partial charge in [-0.1, -0.05) is 0 Å².